The molecule has 316 valence electrons. The molecule has 9 heteroatoms. The van der Waals surface area contributed by atoms with E-state index in [9.17, 15) is 19.4 Å². The summed E-state index contributed by atoms with van der Waals surface area (Å²) in [6.45, 7) is 4.08. The fourth-order valence-corrected chi connectivity index (χ4v) is 7.12. The molecule has 3 atom stereocenters. The molecule has 54 heavy (non-hydrogen) atoms. The van der Waals surface area contributed by atoms with Crippen LogP contribution in [0.4, 0.5) is 0 Å². The van der Waals surface area contributed by atoms with Crippen LogP contribution in [0.2, 0.25) is 0 Å². The highest BCUT2D eigenvalue weighted by atomic mass is 31.2. The number of aliphatic hydroxyl groups excluding tert-OH is 1. The van der Waals surface area contributed by atoms with Gasteiger partial charge in [-0.05, 0) is 51.4 Å². The summed E-state index contributed by atoms with van der Waals surface area (Å²) in [7, 11) is -4.32. The molecule has 5 N–H and O–H groups in total. The Morgan fingerprint density at radius 1 is 0.630 bits per heavy atom. The van der Waals surface area contributed by atoms with Crippen molar-refractivity contribution < 1.29 is 28.4 Å². The van der Waals surface area contributed by atoms with Gasteiger partial charge in [0.05, 0.1) is 25.4 Å². The molecule has 0 spiro atoms. The summed E-state index contributed by atoms with van der Waals surface area (Å²) < 4.78 is 22.2. The van der Waals surface area contributed by atoms with E-state index in [0.29, 0.717) is 12.8 Å². The van der Waals surface area contributed by atoms with Gasteiger partial charge in [0.1, 0.15) is 0 Å². The van der Waals surface area contributed by atoms with Crippen LogP contribution < -0.4 is 11.1 Å². The highest BCUT2D eigenvalue weighted by Crippen LogP contribution is 2.43. The Hall–Kier alpha value is -1.54. The zero-order valence-corrected chi connectivity index (χ0v) is 35.8. The van der Waals surface area contributed by atoms with Crippen LogP contribution >= 0.6 is 7.82 Å². The number of unbranched alkanes of at least 4 members (excludes halogenated alkanes) is 21. The predicted molar refractivity (Wildman–Crippen MR) is 231 cm³/mol. The molecule has 0 aliphatic carbocycles. The van der Waals surface area contributed by atoms with Gasteiger partial charge in [-0.15, -0.1) is 0 Å². The standard InChI is InChI=1S/C45H85N2O6P/c1-3-5-7-9-11-13-15-17-18-19-20-21-22-23-24-25-26-27-29-31-33-35-37-39-45(49)47-43(42-53-54(50,51)52-41-40-46)44(48)38-36-34-32-30-28-16-14-12-10-8-6-4-2/h5,7,11,13,17-18,20-21,43-44,48H,3-4,6,8-10,12,14-16,19,22-42,46H2,1-2H3,(H,47,49)(H,50,51)/b7-5-,13-11-,18-17-,21-20-. The molecule has 0 saturated heterocycles. The second kappa shape index (κ2) is 41.1. The van der Waals surface area contributed by atoms with Crippen molar-refractivity contribution in [2.45, 2.75) is 212 Å². The van der Waals surface area contributed by atoms with Crippen molar-refractivity contribution in [3.63, 3.8) is 0 Å². The highest BCUT2D eigenvalue weighted by Gasteiger charge is 2.27. The molecule has 0 aliphatic rings. The highest BCUT2D eigenvalue weighted by molar-refractivity contribution is 7.47. The average molecular weight is 781 g/mol. The van der Waals surface area contributed by atoms with Gasteiger partial charge in [0.2, 0.25) is 5.91 Å². The van der Waals surface area contributed by atoms with Crippen molar-refractivity contribution in [3.8, 4) is 0 Å². The number of carbonyl (C=O) groups is 1. The molecule has 0 fully saturated rings. The minimum absolute atomic E-state index is 0.0867. The zero-order chi connectivity index (χ0) is 39.6. The van der Waals surface area contributed by atoms with E-state index < -0.39 is 20.0 Å². The number of rotatable bonds is 41. The predicted octanol–water partition coefficient (Wildman–Crippen LogP) is 12.5. The third kappa shape index (κ3) is 38.7. The lowest BCUT2D eigenvalue weighted by Crippen LogP contribution is -2.46. The molecule has 0 bridgehead atoms. The van der Waals surface area contributed by atoms with Crippen LogP contribution in [-0.2, 0) is 18.4 Å². The van der Waals surface area contributed by atoms with Gasteiger partial charge in [-0.25, -0.2) is 4.57 Å². The molecule has 0 radical (unpaired) electrons. The number of allylic oxidation sites excluding steroid dienone is 8. The Labute approximate surface area is 332 Å². The summed E-state index contributed by atoms with van der Waals surface area (Å²) in [5, 5.41) is 13.8. The van der Waals surface area contributed by atoms with Crippen molar-refractivity contribution >= 4 is 13.7 Å². The lowest BCUT2D eigenvalue weighted by Gasteiger charge is -2.25. The molecule has 8 nitrogen and oxygen atoms in total. The van der Waals surface area contributed by atoms with E-state index in [1.807, 2.05) is 0 Å². The number of amides is 1. The molecule has 0 aromatic carbocycles. The second-order valence-electron chi connectivity index (χ2n) is 14.9. The number of phosphoric acid groups is 1. The van der Waals surface area contributed by atoms with E-state index >= 15 is 0 Å². The number of hydrogen-bond donors (Lipinski definition) is 4. The van der Waals surface area contributed by atoms with E-state index in [4.69, 9.17) is 14.8 Å². The van der Waals surface area contributed by atoms with Gasteiger partial charge in [-0.3, -0.25) is 13.8 Å². The summed E-state index contributed by atoms with van der Waals surface area (Å²) in [5.41, 5.74) is 5.38. The van der Waals surface area contributed by atoms with E-state index in [0.717, 1.165) is 64.2 Å². The maximum Gasteiger partial charge on any atom is 0.472 e. The number of carbonyl (C=O) groups excluding carboxylic acids is 1. The topological polar surface area (TPSA) is 131 Å². The van der Waals surface area contributed by atoms with Crippen LogP contribution in [-0.4, -0.2) is 47.8 Å². The van der Waals surface area contributed by atoms with Gasteiger partial charge in [0, 0.05) is 13.0 Å². The second-order valence-corrected chi connectivity index (χ2v) is 16.3. The smallest absolute Gasteiger partial charge is 0.391 e. The molecular weight excluding hydrogens is 695 g/mol. The first-order valence-corrected chi connectivity index (χ1v) is 23.7. The van der Waals surface area contributed by atoms with Crippen LogP contribution in [0, 0.1) is 0 Å². The quantitative estimate of drug-likeness (QED) is 0.0276. The Morgan fingerprint density at radius 2 is 1.07 bits per heavy atom. The third-order valence-electron chi connectivity index (χ3n) is 9.70. The van der Waals surface area contributed by atoms with E-state index in [1.165, 1.54) is 109 Å². The number of nitrogens with one attached hydrogen (secondary N) is 1. The third-order valence-corrected chi connectivity index (χ3v) is 10.7. The molecule has 3 unspecified atom stereocenters. The molecule has 0 saturated carbocycles. The van der Waals surface area contributed by atoms with Crippen molar-refractivity contribution in [1.29, 1.82) is 0 Å². The Morgan fingerprint density at radius 3 is 1.57 bits per heavy atom. The number of nitrogens with two attached hydrogens (primary N) is 1. The molecule has 0 rings (SSSR count). The van der Waals surface area contributed by atoms with E-state index in [2.05, 4.69) is 67.8 Å². The van der Waals surface area contributed by atoms with Crippen molar-refractivity contribution in [2.24, 2.45) is 5.73 Å². The first kappa shape index (κ1) is 52.5. The average Bonchev–Trinajstić information content (AvgIpc) is 3.16. The molecule has 0 aromatic rings. The first-order chi connectivity index (χ1) is 26.4. The van der Waals surface area contributed by atoms with Gasteiger partial charge in [-0.2, -0.15) is 0 Å². The Balaban J connectivity index is 4.08. The molecule has 1 amide bonds. The lowest BCUT2D eigenvalue weighted by molar-refractivity contribution is -0.123. The summed E-state index contributed by atoms with van der Waals surface area (Å²) in [6, 6.07) is -0.777. The van der Waals surface area contributed by atoms with Crippen molar-refractivity contribution in [3.05, 3.63) is 48.6 Å². The summed E-state index contributed by atoms with van der Waals surface area (Å²) in [4.78, 5) is 22.7. The fourth-order valence-electron chi connectivity index (χ4n) is 6.36. The van der Waals surface area contributed by atoms with Crippen LogP contribution in [0.5, 0.6) is 0 Å². The van der Waals surface area contributed by atoms with Gasteiger partial charge >= 0.3 is 7.82 Å². The molecule has 0 aliphatic heterocycles. The van der Waals surface area contributed by atoms with Crippen molar-refractivity contribution in [2.75, 3.05) is 19.8 Å². The Kier molecular flexibility index (Phi) is 39.9. The summed E-state index contributed by atoms with van der Waals surface area (Å²) in [6.07, 6.45) is 49.8. The van der Waals surface area contributed by atoms with Gasteiger partial charge in [-0.1, -0.05) is 191 Å². The molecule has 0 heterocycles. The summed E-state index contributed by atoms with van der Waals surface area (Å²) >= 11 is 0. The Bertz CT molecular complexity index is 985. The number of hydrogen-bond acceptors (Lipinski definition) is 6. The van der Waals surface area contributed by atoms with Crippen LogP contribution in [0.3, 0.4) is 0 Å². The van der Waals surface area contributed by atoms with Crippen molar-refractivity contribution in [1.82, 2.24) is 5.32 Å². The zero-order valence-electron chi connectivity index (χ0n) is 35.0. The lowest BCUT2D eigenvalue weighted by atomic mass is 10.0. The largest absolute Gasteiger partial charge is 0.472 e. The number of aliphatic hydroxyl groups is 1. The minimum atomic E-state index is -4.32. The molecule has 0 aromatic heterocycles. The van der Waals surface area contributed by atoms with Gasteiger partial charge < -0.3 is 21.1 Å². The van der Waals surface area contributed by atoms with Crippen LogP contribution in [0.25, 0.3) is 0 Å². The monoisotopic (exact) mass is 781 g/mol. The minimum Gasteiger partial charge on any atom is -0.391 e. The van der Waals surface area contributed by atoms with Gasteiger partial charge in [0.15, 0.2) is 0 Å². The van der Waals surface area contributed by atoms with Gasteiger partial charge in [0.25, 0.3) is 0 Å². The van der Waals surface area contributed by atoms with E-state index in [1.54, 1.807) is 0 Å². The normalized spacial score (nSPS) is 14.5. The summed E-state index contributed by atoms with van der Waals surface area (Å²) in [5.74, 6) is -0.168. The number of phosphoric ester groups is 1. The maximum absolute atomic E-state index is 12.8. The SMILES string of the molecule is CC/C=C\C/C=C\C/C=C\C/C=C\CCCCCCCCCCCCC(=O)NC(COP(=O)(O)OCCN)C(O)CCCCCCCCCCCCCC. The van der Waals surface area contributed by atoms with Crippen LogP contribution in [0.1, 0.15) is 200 Å². The fraction of sp³-hybridized carbons (Fsp3) is 0.800. The van der Waals surface area contributed by atoms with Crippen LogP contribution in [0.15, 0.2) is 48.6 Å². The maximum atomic E-state index is 12.8. The van der Waals surface area contributed by atoms with E-state index in [-0.39, 0.29) is 25.7 Å². The molecular formula is C45H85N2O6P. The first-order valence-electron chi connectivity index (χ1n) is 22.3.